The van der Waals surface area contributed by atoms with E-state index in [-0.39, 0.29) is 5.69 Å². The summed E-state index contributed by atoms with van der Waals surface area (Å²) in [6.07, 6.45) is -0.874. The molecule has 0 bridgehead atoms. The number of nitrogens with zero attached hydrogens (tertiary/aromatic N) is 2. The van der Waals surface area contributed by atoms with Crippen molar-refractivity contribution in [3.63, 3.8) is 0 Å². The van der Waals surface area contributed by atoms with E-state index >= 15 is 0 Å². The summed E-state index contributed by atoms with van der Waals surface area (Å²) < 4.78 is 63.9. The molecule has 0 atom stereocenters. The lowest BCUT2D eigenvalue weighted by molar-refractivity contribution is -0.137. The van der Waals surface area contributed by atoms with Gasteiger partial charge in [-0.2, -0.15) is 13.2 Å². The number of hydrogen-bond acceptors (Lipinski definition) is 4. The predicted octanol–water partition coefficient (Wildman–Crippen LogP) is 2.73. The number of likely N-dealkylation sites (tertiary alicyclic amines) is 1. The molecule has 0 unspecified atom stereocenters. The minimum atomic E-state index is -4.74. The average molecular weight is 442 g/mol. The Hall–Kier alpha value is -1.52. The molecule has 1 N–H and O–H groups in total. The van der Waals surface area contributed by atoms with E-state index in [0.29, 0.717) is 23.3 Å². The second kappa shape index (κ2) is 9.32. The normalized spacial score (nSPS) is 15.6. The van der Waals surface area contributed by atoms with Crippen LogP contribution in [0, 0.1) is 0 Å². The molecule has 0 aliphatic carbocycles. The molecule has 2 rings (SSSR count). The predicted molar refractivity (Wildman–Crippen MR) is 102 cm³/mol. The first-order valence-corrected chi connectivity index (χ1v) is 11.0. The maximum Gasteiger partial charge on any atom is 0.417 e. The highest BCUT2D eigenvalue weighted by Crippen LogP contribution is 2.37. The van der Waals surface area contributed by atoms with Gasteiger partial charge >= 0.3 is 6.18 Å². The SMILES string of the molecule is CS(=O)(=O)N(CC(=O)NCCCN1CCCC1)c1ccc(Cl)c(C(F)(F)F)c1. The van der Waals surface area contributed by atoms with Crippen molar-refractivity contribution in [3.05, 3.63) is 28.8 Å². The average Bonchev–Trinajstić information content (AvgIpc) is 3.09. The number of carbonyl (C=O) groups excluding carboxylic acids is 1. The summed E-state index contributed by atoms with van der Waals surface area (Å²) >= 11 is 5.57. The number of benzene rings is 1. The van der Waals surface area contributed by atoms with E-state index in [1.807, 2.05) is 0 Å². The standard InChI is InChI=1S/C17H23ClF3N3O3S/c1-28(26,27)24(13-5-6-15(18)14(11-13)17(19,20)21)12-16(25)22-7-4-10-23-8-2-3-9-23/h5-6,11H,2-4,7-10,12H2,1H3,(H,22,25). The van der Waals surface area contributed by atoms with Crippen LogP contribution in [-0.4, -0.2) is 58.2 Å². The Kier molecular flexibility index (Phi) is 7.58. The van der Waals surface area contributed by atoms with Crippen LogP contribution >= 0.6 is 11.6 Å². The number of carbonyl (C=O) groups is 1. The highest BCUT2D eigenvalue weighted by Gasteiger charge is 2.34. The molecular formula is C17H23ClF3N3O3S. The van der Waals surface area contributed by atoms with Gasteiger partial charge in [-0.05, 0) is 57.1 Å². The van der Waals surface area contributed by atoms with Gasteiger partial charge in [0.25, 0.3) is 0 Å². The smallest absolute Gasteiger partial charge is 0.354 e. The number of nitrogens with one attached hydrogen (secondary N) is 1. The summed E-state index contributed by atoms with van der Waals surface area (Å²) in [5, 5.41) is 2.07. The van der Waals surface area contributed by atoms with Crippen LogP contribution in [-0.2, 0) is 21.0 Å². The van der Waals surface area contributed by atoms with E-state index in [0.717, 1.165) is 50.9 Å². The zero-order valence-corrected chi connectivity index (χ0v) is 17.0. The van der Waals surface area contributed by atoms with E-state index in [2.05, 4.69) is 10.2 Å². The van der Waals surface area contributed by atoms with Crippen molar-refractivity contribution in [1.82, 2.24) is 10.2 Å². The van der Waals surface area contributed by atoms with Crippen molar-refractivity contribution in [2.75, 3.05) is 43.3 Å². The van der Waals surface area contributed by atoms with Gasteiger partial charge in [0.15, 0.2) is 0 Å². The Bertz CT molecular complexity index is 797. The highest BCUT2D eigenvalue weighted by molar-refractivity contribution is 7.92. The molecule has 0 spiro atoms. The quantitative estimate of drug-likeness (QED) is 0.630. The first-order chi connectivity index (χ1) is 13.0. The fraction of sp³-hybridized carbons (Fsp3) is 0.588. The van der Waals surface area contributed by atoms with E-state index in [9.17, 15) is 26.4 Å². The first kappa shape index (κ1) is 22.8. The molecule has 1 heterocycles. The number of alkyl halides is 3. The highest BCUT2D eigenvalue weighted by atomic mass is 35.5. The van der Waals surface area contributed by atoms with Gasteiger partial charge in [0.05, 0.1) is 22.5 Å². The Morgan fingerprint density at radius 3 is 2.50 bits per heavy atom. The Morgan fingerprint density at radius 2 is 1.93 bits per heavy atom. The minimum absolute atomic E-state index is 0.272. The third-order valence-corrected chi connectivity index (χ3v) is 5.87. The van der Waals surface area contributed by atoms with Gasteiger partial charge in [-0.1, -0.05) is 11.6 Å². The maximum absolute atomic E-state index is 13.0. The van der Waals surface area contributed by atoms with Crippen molar-refractivity contribution in [2.24, 2.45) is 0 Å². The molecule has 1 aromatic rings. The van der Waals surface area contributed by atoms with E-state index in [1.165, 1.54) is 0 Å². The topological polar surface area (TPSA) is 69.7 Å². The summed E-state index contributed by atoms with van der Waals surface area (Å²) in [4.78, 5) is 14.4. The Morgan fingerprint density at radius 1 is 1.29 bits per heavy atom. The number of rotatable bonds is 8. The molecular weight excluding hydrogens is 419 g/mol. The van der Waals surface area contributed by atoms with Crippen molar-refractivity contribution < 1.29 is 26.4 Å². The summed E-state index contributed by atoms with van der Waals surface area (Å²) in [5.74, 6) is -0.588. The molecule has 0 radical (unpaired) electrons. The number of anilines is 1. The Balaban J connectivity index is 2.03. The van der Waals surface area contributed by atoms with Crippen LogP contribution in [0.3, 0.4) is 0 Å². The third kappa shape index (κ3) is 6.52. The number of amides is 1. The van der Waals surface area contributed by atoms with Gasteiger partial charge in [0.1, 0.15) is 6.54 Å². The largest absolute Gasteiger partial charge is 0.417 e. The summed E-state index contributed by atoms with van der Waals surface area (Å²) in [5.41, 5.74) is -1.43. The zero-order chi connectivity index (χ0) is 20.9. The zero-order valence-electron chi connectivity index (χ0n) is 15.4. The van der Waals surface area contributed by atoms with Crippen LogP contribution in [0.15, 0.2) is 18.2 Å². The lowest BCUT2D eigenvalue weighted by atomic mass is 10.2. The van der Waals surface area contributed by atoms with Crippen LogP contribution in [0.5, 0.6) is 0 Å². The lowest BCUT2D eigenvalue weighted by Gasteiger charge is -2.23. The molecule has 1 aliphatic rings. The van der Waals surface area contributed by atoms with Crippen molar-refractivity contribution in [3.8, 4) is 0 Å². The summed E-state index contributed by atoms with van der Waals surface area (Å²) in [6, 6.07) is 2.73. The molecule has 6 nitrogen and oxygen atoms in total. The van der Waals surface area contributed by atoms with Crippen molar-refractivity contribution >= 4 is 33.2 Å². The van der Waals surface area contributed by atoms with E-state index < -0.39 is 39.2 Å². The number of halogens is 4. The molecule has 11 heteroatoms. The second-order valence-electron chi connectivity index (χ2n) is 6.68. The minimum Gasteiger partial charge on any atom is -0.354 e. The van der Waals surface area contributed by atoms with Gasteiger partial charge in [-0.25, -0.2) is 8.42 Å². The summed E-state index contributed by atoms with van der Waals surface area (Å²) in [6.45, 7) is 2.66. The number of hydrogen-bond donors (Lipinski definition) is 1. The molecule has 28 heavy (non-hydrogen) atoms. The fourth-order valence-corrected chi connectivity index (χ4v) is 4.08. The fourth-order valence-electron chi connectivity index (χ4n) is 3.01. The van der Waals surface area contributed by atoms with Crippen LogP contribution in [0.25, 0.3) is 0 Å². The van der Waals surface area contributed by atoms with Gasteiger partial charge in [0, 0.05) is 6.54 Å². The van der Waals surface area contributed by atoms with Crippen LogP contribution in [0.1, 0.15) is 24.8 Å². The first-order valence-electron chi connectivity index (χ1n) is 8.82. The van der Waals surface area contributed by atoms with Gasteiger partial charge < -0.3 is 10.2 Å². The van der Waals surface area contributed by atoms with Crippen molar-refractivity contribution in [1.29, 1.82) is 0 Å². The molecule has 158 valence electrons. The van der Waals surface area contributed by atoms with Gasteiger partial charge in [0.2, 0.25) is 15.9 Å². The van der Waals surface area contributed by atoms with Gasteiger partial charge in [-0.15, -0.1) is 0 Å². The number of sulfonamides is 1. The Labute approximate surface area is 167 Å². The monoisotopic (exact) mass is 441 g/mol. The molecule has 1 aromatic carbocycles. The van der Waals surface area contributed by atoms with Crippen LogP contribution in [0.4, 0.5) is 18.9 Å². The maximum atomic E-state index is 13.0. The molecule has 0 saturated carbocycles. The second-order valence-corrected chi connectivity index (χ2v) is 9.00. The lowest BCUT2D eigenvalue weighted by Crippen LogP contribution is -2.41. The molecule has 0 aromatic heterocycles. The van der Waals surface area contributed by atoms with Crippen LogP contribution in [0.2, 0.25) is 5.02 Å². The molecule has 1 aliphatic heterocycles. The third-order valence-electron chi connectivity index (χ3n) is 4.40. The molecule has 1 amide bonds. The van der Waals surface area contributed by atoms with Gasteiger partial charge in [-0.3, -0.25) is 9.10 Å². The molecule has 1 saturated heterocycles. The van der Waals surface area contributed by atoms with Crippen LogP contribution < -0.4 is 9.62 Å². The van der Waals surface area contributed by atoms with Crippen molar-refractivity contribution in [2.45, 2.75) is 25.4 Å². The summed E-state index contributed by atoms with van der Waals surface area (Å²) in [7, 11) is -3.98. The molecule has 1 fully saturated rings. The van der Waals surface area contributed by atoms with E-state index in [4.69, 9.17) is 11.6 Å². The van der Waals surface area contributed by atoms with E-state index in [1.54, 1.807) is 0 Å².